The van der Waals surface area contributed by atoms with Gasteiger partial charge in [0.05, 0.1) is 36.4 Å². The van der Waals surface area contributed by atoms with Crippen LogP contribution in [0.3, 0.4) is 0 Å². The van der Waals surface area contributed by atoms with Crippen molar-refractivity contribution in [3.63, 3.8) is 0 Å². The molecule has 2 aromatic heterocycles. The quantitative estimate of drug-likeness (QED) is 0.532. The monoisotopic (exact) mass is 380 g/mol. The van der Waals surface area contributed by atoms with Crippen LogP contribution in [0, 0.1) is 0 Å². The van der Waals surface area contributed by atoms with Crippen molar-refractivity contribution in [2.24, 2.45) is 0 Å². The highest BCUT2D eigenvalue weighted by Gasteiger charge is 2.29. The SMILES string of the molecule is CCc1nnn2c1-c1cc(OC)ccc1-n1cnc(C(=O)N(CC)CC)c1C2. The van der Waals surface area contributed by atoms with Gasteiger partial charge >= 0.3 is 0 Å². The number of rotatable bonds is 5. The molecule has 0 saturated carbocycles. The maximum atomic E-state index is 13.0. The van der Waals surface area contributed by atoms with Crippen LogP contribution in [0.15, 0.2) is 24.5 Å². The van der Waals surface area contributed by atoms with E-state index >= 15 is 0 Å². The van der Waals surface area contributed by atoms with E-state index in [4.69, 9.17) is 4.74 Å². The number of carbonyl (C=O) groups excluding carboxylic acids is 1. The number of carbonyl (C=O) groups is 1. The molecule has 1 aromatic carbocycles. The van der Waals surface area contributed by atoms with Crippen molar-refractivity contribution in [2.45, 2.75) is 33.7 Å². The summed E-state index contributed by atoms with van der Waals surface area (Å²) in [6.07, 6.45) is 2.49. The Morgan fingerprint density at radius 2 is 2.04 bits per heavy atom. The van der Waals surface area contributed by atoms with Crippen LogP contribution < -0.4 is 4.74 Å². The highest BCUT2D eigenvalue weighted by Crippen LogP contribution is 2.36. The minimum atomic E-state index is -0.0620. The van der Waals surface area contributed by atoms with Crippen molar-refractivity contribution < 1.29 is 9.53 Å². The van der Waals surface area contributed by atoms with Gasteiger partial charge in [-0.15, -0.1) is 5.10 Å². The minimum Gasteiger partial charge on any atom is -0.497 e. The van der Waals surface area contributed by atoms with Crippen LogP contribution in [0.1, 0.15) is 42.6 Å². The molecule has 0 saturated heterocycles. The molecule has 1 amide bonds. The van der Waals surface area contributed by atoms with Crippen molar-refractivity contribution in [2.75, 3.05) is 20.2 Å². The largest absolute Gasteiger partial charge is 0.497 e. The molecule has 8 nitrogen and oxygen atoms in total. The molecule has 146 valence electrons. The second-order valence-electron chi connectivity index (χ2n) is 6.67. The Balaban J connectivity index is 1.95. The average molecular weight is 380 g/mol. The Kier molecular flexibility index (Phi) is 4.62. The maximum absolute atomic E-state index is 13.0. The molecule has 0 radical (unpaired) electrons. The number of amides is 1. The average Bonchev–Trinajstić information content (AvgIpc) is 3.29. The molecule has 0 unspecified atom stereocenters. The third-order valence-corrected chi connectivity index (χ3v) is 5.28. The molecule has 0 N–H and O–H groups in total. The fourth-order valence-electron chi connectivity index (χ4n) is 3.75. The van der Waals surface area contributed by atoms with E-state index in [1.54, 1.807) is 18.3 Å². The second kappa shape index (κ2) is 7.10. The van der Waals surface area contributed by atoms with Gasteiger partial charge in [-0.25, -0.2) is 9.67 Å². The number of aromatic nitrogens is 5. The summed E-state index contributed by atoms with van der Waals surface area (Å²) in [4.78, 5) is 19.3. The number of hydrogen-bond donors (Lipinski definition) is 0. The first-order valence-electron chi connectivity index (χ1n) is 9.59. The Morgan fingerprint density at radius 3 is 2.71 bits per heavy atom. The normalized spacial score (nSPS) is 12.0. The number of hydrogen-bond acceptors (Lipinski definition) is 5. The number of methoxy groups -OCH3 is 1. The van der Waals surface area contributed by atoms with E-state index < -0.39 is 0 Å². The topological polar surface area (TPSA) is 78.1 Å². The lowest BCUT2D eigenvalue weighted by atomic mass is 10.1. The third-order valence-electron chi connectivity index (χ3n) is 5.28. The Labute approximate surface area is 163 Å². The molecule has 3 heterocycles. The van der Waals surface area contributed by atoms with E-state index in [1.165, 1.54) is 0 Å². The zero-order valence-corrected chi connectivity index (χ0v) is 16.6. The van der Waals surface area contributed by atoms with Crippen LogP contribution in [0.25, 0.3) is 16.9 Å². The highest BCUT2D eigenvalue weighted by molar-refractivity contribution is 5.94. The molecule has 3 aromatic rings. The summed E-state index contributed by atoms with van der Waals surface area (Å²) in [7, 11) is 1.65. The molecular formula is C20H24N6O2. The number of fused-ring (bicyclic) bond motifs is 5. The Bertz CT molecular complexity index is 1030. The summed E-state index contributed by atoms with van der Waals surface area (Å²) in [5.74, 6) is 0.699. The molecule has 0 aliphatic carbocycles. The van der Waals surface area contributed by atoms with Gasteiger partial charge in [0.15, 0.2) is 5.69 Å². The first-order chi connectivity index (χ1) is 13.6. The van der Waals surface area contributed by atoms with Gasteiger partial charge in [0.1, 0.15) is 12.1 Å². The Morgan fingerprint density at radius 1 is 1.25 bits per heavy atom. The zero-order valence-electron chi connectivity index (χ0n) is 16.6. The standard InChI is InChI=1S/C20H24N6O2/c1-5-15-19-14-10-13(28-4)8-9-16(14)25-12-21-18(20(27)24(6-2)7-3)17(25)11-26(19)23-22-15/h8-10,12H,5-7,11H2,1-4H3. The number of nitrogens with zero attached hydrogens (tertiary/aromatic N) is 6. The molecule has 4 rings (SSSR count). The van der Waals surface area contributed by atoms with Crippen LogP contribution in [0.5, 0.6) is 5.75 Å². The molecule has 0 bridgehead atoms. The summed E-state index contributed by atoms with van der Waals surface area (Å²) < 4.78 is 9.29. The van der Waals surface area contributed by atoms with Crippen molar-refractivity contribution in [3.05, 3.63) is 41.6 Å². The molecule has 1 aliphatic rings. The minimum absolute atomic E-state index is 0.0620. The van der Waals surface area contributed by atoms with Crippen molar-refractivity contribution in [1.82, 2.24) is 29.4 Å². The van der Waals surface area contributed by atoms with Crippen molar-refractivity contribution in [1.29, 1.82) is 0 Å². The summed E-state index contributed by atoms with van der Waals surface area (Å²) >= 11 is 0. The summed E-state index contributed by atoms with van der Waals surface area (Å²) in [5.41, 5.74) is 5.07. The smallest absolute Gasteiger partial charge is 0.274 e. The molecule has 8 heteroatoms. The maximum Gasteiger partial charge on any atom is 0.274 e. The second-order valence-corrected chi connectivity index (χ2v) is 6.67. The first kappa shape index (κ1) is 18.2. The van der Waals surface area contributed by atoms with E-state index in [0.717, 1.165) is 40.5 Å². The van der Waals surface area contributed by atoms with Gasteiger partial charge < -0.3 is 9.64 Å². The number of aryl methyl sites for hydroxylation is 1. The van der Waals surface area contributed by atoms with Gasteiger partial charge in [0.25, 0.3) is 5.91 Å². The number of benzene rings is 1. The van der Waals surface area contributed by atoms with Crippen LogP contribution in [-0.4, -0.2) is 55.6 Å². The van der Waals surface area contributed by atoms with Gasteiger partial charge in [-0.05, 0) is 38.5 Å². The first-order valence-corrected chi connectivity index (χ1v) is 9.59. The number of imidazole rings is 1. The molecule has 28 heavy (non-hydrogen) atoms. The molecule has 1 aliphatic heterocycles. The lowest BCUT2D eigenvalue weighted by Gasteiger charge is -2.18. The Hall–Kier alpha value is -3.16. The predicted octanol–water partition coefficient (Wildman–Crippen LogP) is 2.55. The van der Waals surface area contributed by atoms with Gasteiger partial charge in [0.2, 0.25) is 0 Å². The summed E-state index contributed by atoms with van der Waals surface area (Å²) in [6, 6.07) is 5.90. The third kappa shape index (κ3) is 2.67. The number of ether oxygens (including phenoxy) is 1. The fraction of sp³-hybridized carbons (Fsp3) is 0.400. The van der Waals surface area contributed by atoms with Gasteiger partial charge in [-0.3, -0.25) is 9.36 Å². The van der Waals surface area contributed by atoms with Crippen LogP contribution in [-0.2, 0) is 13.0 Å². The summed E-state index contributed by atoms with van der Waals surface area (Å²) in [5, 5.41) is 8.72. The van der Waals surface area contributed by atoms with Gasteiger partial charge in [-0.1, -0.05) is 12.1 Å². The molecule has 0 atom stereocenters. The van der Waals surface area contributed by atoms with Crippen LogP contribution in [0.2, 0.25) is 0 Å². The van der Waals surface area contributed by atoms with Gasteiger partial charge in [-0.2, -0.15) is 0 Å². The van der Waals surface area contributed by atoms with Gasteiger partial charge in [0, 0.05) is 18.7 Å². The zero-order chi connectivity index (χ0) is 19.8. The van der Waals surface area contributed by atoms with E-state index in [2.05, 4.69) is 22.2 Å². The van der Waals surface area contributed by atoms with E-state index in [0.29, 0.717) is 25.3 Å². The van der Waals surface area contributed by atoms with Crippen molar-refractivity contribution >= 4 is 5.91 Å². The lowest BCUT2D eigenvalue weighted by Crippen LogP contribution is -2.31. The molecular weight excluding hydrogens is 356 g/mol. The lowest BCUT2D eigenvalue weighted by molar-refractivity contribution is 0.0766. The molecule has 0 spiro atoms. The fourth-order valence-corrected chi connectivity index (χ4v) is 3.75. The predicted molar refractivity (Wildman–Crippen MR) is 105 cm³/mol. The van der Waals surface area contributed by atoms with E-state index in [1.807, 2.05) is 41.3 Å². The van der Waals surface area contributed by atoms with Crippen LogP contribution >= 0.6 is 0 Å². The van der Waals surface area contributed by atoms with Crippen LogP contribution in [0.4, 0.5) is 0 Å². The highest BCUT2D eigenvalue weighted by atomic mass is 16.5. The van der Waals surface area contributed by atoms with Crippen molar-refractivity contribution in [3.8, 4) is 22.7 Å². The summed E-state index contributed by atoms with van der Waals surface area (Å²) in [6.45, 7) is 7.73. The van der Waals surface area contributed by atoms with E-state index in [9.17, 15) is 4.79 Å². The molecule has 0 fully saturated rings. The van der Waals surface area contributed by atoms with E-state index in [-0.39, 0.29) is 5.91 Å².